The van der Waals surface area contributed by atoms with E-state index in [1.165, 1.54) is 24.6 Å². The van der Waals surface area contributed by atoms with Crippen molar-refractivity contribution in [2.45, 2.75) is 39.2 Å². The number of aromatic nitrogens is 1. The number of nitrogens with one attached hydrogen (secondary N) is 1. The SMILES string of the molecule is C=C(C)c1cccc(N)c1C=N.CC1(N)CC1.Cc1cccnc1. The van der Waals surface area contributed by atoms with Gasteiger partial charge in [0, 0.05) is 35.4 Å². The Morgan fingerprint density at radius 3 is 2.21 bits per heavy atom. The van der Waals surface area contributed by atoms with Crippen LogP contribution in [0.5, 0.6) is 0 Å². The Hall–Kier alpha value is -2.46. The first-order valence-corrected chi connectivity index (χ1v) is 7.97. The van der Waals surface area contributed by atoms with E-state index in [1.54, 1.807) is 12.3 Å². The largest absolute Gasteiger partial charge is 0.398 e. The van der Waals surface area contributed by atoms with Crippen molar-refractivity contribution >= 4 is 17.5 Å². The van der Waals surface area contributed by atoms with Gasteiger partial charge in [0.25, 0.3) is 0 Å². The lowest BCUT2D eigenvalue weighted by molar-refractivity contribution is 0.762. The standard InChI is InChI=1S/C10H12N2.C6H7N.C4H9N/c1-7(2)8-4-3-5-10(12)9(8)6-11;1-6-3-2-4-7-5-6;1-4(5)2-3-4/h3-6,11H,1,12H2,2H3;2-5H,1H3;2-3,5H2,1H3. The molecule has 128 valence electrons. The fourth-order valence-corrected chi connectivity index (χ4v) is 1.76. The van der Waals surface area contributed by atoms with Crippen molar-refractivity contribution in [2.75, 3.05) is 5.73 Å². The zero-order chi connectivity index (χ0) is 18.2. The molecule has 1 heterocycles. The number of pyridine rings is 1. The van der Waals surface area contributed by atoms with Gasteiger partial charge in [-0.15, -0.1) is 0 Å². The third-order valence-corrected chi connectivity index (χ3v) is 3.59. The van der Waals surface area contributed by atoms with Gasteiger partial charge in [0.1, 0.15) is 0 Å². The summed E-state index contributed by atoms with van der Waals surface area (Å²) in [6.07, 6.45) is 7.33. The second-order valence-electron chi connectivity index (χ2n) is 6.42. The molecule has 0 unspecified atom stereocenters. The van der Waals surface area contributed by atoms with Crippen LogP contribution in [0, 0.1) is 12.3 Å². The molecule has 0 amide bonds. The summed E-state index contributed by atoms with van der Waals surface area (Å²) in [5.74, 6) is 0. The van der Waals surface area contributed by atoms with Crippen molar-refractivity contribution in [1.82, 2.24) is 4.98 Å². The first kappa shape index (κ1) is 19.6. The van der Waals surface area contributed by atoms with E-state index < -0.39 is 0 Å². The highest BCUT2D eigenvalue weighted by Crippen LogP contribution is 2.30. The Labute approximate surface area is 145 Å². The molecule has 4 heteroatoms. The van der Waals surface area contributed by atoms with Gasteiger partial charge in [-0.3, -0.25) is 4.98 Å². The molecule has 1 fully saturated rings. The van der Waals surface area contributed by atoms with Crippen LogP contribution < -0.4 is 11.5 Å². The molecule has 2 aromatic rings. The minimum atomic E-state index is 0.250. The molecule has 3 rings (SSSR count). The Bertz CT molecular complexity index is 669. The van der Waals surface area contributed by atoms with E-state index in [1.807, 2.05) is 44.3 Å². The molecule has 1 aromatic heterocycles. The molecule has 1 saturated carbocycles. The number of benzene rings is 1. The second kappa shape index (κ2) is 8.99. The number of hydrogen-bond acceptors (Lipinski definition) is 4. The van der Waals surface area contributed by atoms with Crippen LogP contribution in [0.25, 0.3) is 5.57 Å². The fraction of sp³-hybridized carbons (Fsp3) is 0.300. The topological polar surface area (TPSA) is 88.8 Å². The Kier molecular flexibility index (Phi) is 7.33. The lowest BCUT2D eigenvalue weighted by Crippen LogP contribution is -2.14. The number of aryl methyl sites for hydroxylation is 1. The summed E-state index contributed by atoms with van der Waals surface area (Å²) in [5.41, 5.74) is 15.9. The molecule has 1 aromatic carbocycles. The molecule has 4 nitrogen and oxygen atoms in total. The molecule has 0 aliphatic heterocycles. The number of hydrogen-bond donors (Lipinski definition) is 3. The summed E-state index contributed by atoms with van der Waals surface area (Å²) in [7, 11) is 0. The average molecular weight is 324 g/mol. The van der Waals surface area contributed by atoms with Gasteiger partial charge in [0.15, 0.2) is 0 Å². The smallest absolute Gasteiger partial charge is 0.0409 e. The van der Waals surface area contributed by atoms with Crippen molar-refractivity contribution in [3.63, 3.8) is 0 Å². The average Bonchev–Trinajstić information content (AvgIpc) is 3.24. The van der Waals surface area contributed by atoms with E-state index >= 15 is 0 Å². The van der Waals surface area contributed by atoms with Crippen molar-refractivity contribution in [1.29, 1.82) is 5.41 Å². The number of nitrogen functional groups attached to an aromatic ring is 1. The first-order chi connectivity index (χ1) is 11.3. The summed E-state index contributed by atoms with van der Waals surface area (Å²) in [6, 6.07) is 9.51. The summed E-state index contributed by atoms with van der Waals surface area (Å²) in [4.78, 5) is 3.88. The van der Waals surface area contributed by atoms with Crippen LogP contribution in [-0.4, -0.2) is 16.7 Å². The van der Waals surface area contributed by atoms with Gasteiger partial charge < -0.3 is 16.9 Å². The molecule has 0 saturated heterocycles. The number of anilines is 1. The van der Waals surface area contributed by atoms with Crippen molar-refractivity contribution < 1.29 is 0 Å². The maximum absolute atomic E-state index is 7.17. The van der Waals surface area contributed by atoms with Gasteiger partial charge >= 0.3 is 0 Å². The van der Waals surface area contributed by atoms with Gasteiger partial charge in [0.05, 0.1) is 0 Å². The fourth-order valence-electron chi connectivity index (χ4n) is 1.76. The number of rotatable bonds is 2. The quantitative estimate of drug-likeness (QED) is 0.571. The highest BCUT2D eigenvalue weighted by atomic mass is 14.8. The van der Waals surface area contributed by atoms with E-state index in [4.69, 9.17) is 16.9 Å². The maximum Gasteiger partial charge on any atom is 0.0409 e. The first-order valence-electron chi connectivity index (χ1n) is 7.97. The molecule has 0 atom stereocenters. The number of nitrogens with zero attached hydrogens (tertiary/aromatic N) is 1. The molecule has 1 aliphatic rings. The summed E-state index contributed by atoms with van der Waals surface area (Å²) in [5, 5.41) is 7.17. The molecule has 1 aliphatic carbocycles. The minimum Gasteiger partial charge on any atom is -0.398 e. The molecule has 24 heavy (non-hydrogen) atoms. The van der Waals surface area contributed by atoms with E-state index in [0.29, 0.717) is 5.69 Å². The van der Waals surface area contributed by atoms with Crippen LogP contribution in [0.15, 0.2) is 49.3 Å². The molecule has 0 bridgehead atoms. The predicted octanol–water partition coefficient (Wildman–Crippen LogP) is 4.19. The van der Waals surface area contributed by atoms with Crippen molar-refractivity contribution in [3.8, 4) is 0 Å². The van der Waals surface area contributed by atoms with Crippen LogP contribution >= 0.6 is 0 Å². The molecular weight excluding hydrogens is 296 g/mol. The van der Waals surface area contributed by atoms with Gasteiger partial charge in [-0.2, -0.15) is 0 Å². The highest BCUT2D eigenvalue weighted by molar-refractivity contribution is 5.92. The Morgan fingerprint density at radius 2 is 1.92 bits per heavy atom. The van der Waals surface area contributed by atoms with Crippen LogP contribution in [0.4, 0.5) is 5.69 Å². The lowest BCUT2D eigenvalue weighted by atomic mass is 10.0. The lowest BCUT2D eigenvalue weighted by Gasteiger charge is -2.06. The van der Waals surface area contributed by atoms with E-state index in [9.17, 15) is 0 Å². The normalized spacial score (nSPS) is 13.5. The molecule has 0 spiro atoms. The van der Waals surface area contributed by atoms with Gasteiger partial charge in [-0.05, 0) is 56.9 Å². The Balaban J connectivity index is 0.000000201. The van der Waals surface area contributed by atoms with E-state index in [2.05, 4.69) is 18.5 Å². The third-order valence-electron chi connectivity index (χ3n) is 3.59. The van der Waals surface area contributed by atoms with Crippen LogP contribution in [0.3, 0.4) is 0 Å². The van der Waals surface area contributed by atoms with Gasteiger partial charge in [-0.1, -0.05) is 30.4 Å². The summed E-state index contributed by atoms with van der Waals surface area (Å²) >= 11 is 0. The van der Waals surface area contributed by atoms with Gasteiger partial charge in [-0.25, -0.2) is 0 Å². The molecule has 0 radical (unpaired) electrons. The predicted molar refractivity (Wildman–Crippen MR) is 104 cm³/mol. The van der Waals surface area contributed by atoms with Gasteiger partial charge in [0.2, 0.25) is 0 Å². The summed E-state index contributed by atoms with van der Waals surface area (Å²) < 4.78 is 0. The Morgan fingerprint density at radius 1 is 1.29 bits per heavy atom. The number of nitrogens with two attached hydrogens (primary N) is 2. The number of allylic oxidation sites excluding steroid dienone is 1. The monoisotopic (exact) mass is 324 g/mol. The molecular formula is C20H28N4. The van der Waals surface area contributed by atoms with E-state index in [-0.39, 0.29) is 5.54 Å². The third kappa shape index (κ3) is 7.20. The minimum absolute atomic E-state index is 0.250. The van der Waals surface area contributed by atoms with Crippen molar-refractivity contribution in [3.05, 3.63) is 66.0 Å². The maximum atomic E-state index is 7.17. The zero-order valence-corrected chi connectivity index (χ0v) is 14.8. The zero-order valence-electron chi connectivity index (χ0n) is 14.8. The van der Waals surface area contributed by atoms with E-state index in [0.717, 1.165) is 16.7 Å². The van der Waals surface area contributed by atoms with Crippen molar-refractivity contribution in [2.24, 2.45) is 5.73 Å². The molecule has 5 N–H and O–H groups in total. The van der Waals surface area contributed by atoms with Crippen LogP contribution in [-0.2, 0) is 0 Å². The van der Waals surface area contributed by atoms with Crippen LogP contribution in [0.1, 0.15) is 43.4 Å². The highest BCUT2D eigenvalue weighted by Gasteiger charge is 2.31. The summed E-state index contributed by atoms with van der Waals surface area (Å²) in [6.45, 7) is 9.82. The second-order valence-corrected chi connectivity index (χ2v) is 6.42. The van der Waals surface area contributed by atoms with Crippen LogP contribution in [0.2, 0.25) is 0 Å².